The SMILES string of the molecule is CC(C)C(CNC(=O)Cc1ccc(F)cc1F)C(C)C. The minimum Gasteiger partial charge on any atom is -0.356 e. The second kappa shape index (κ2) is 7.36. The number of hydrogen-bond donors (Lipinski definition) is 1. The number of hydrogen-bond acceptors (Lipinski definition) is 1. The lowest BCUT2D eigenvalue weighted by atomic mass is 9.85. The Morgan fingerprint density at radius 1 is 1.15 bits per heavy atom. The van der Waals surface area contributed by atoms with Crippen molar-refractivity contribution in [2.75, 3.05) is 6.54 Å². The fourth-order valence-electron chi connectivity index (χ4n) is 2.37. The first-order chi connectivity index (χ1) is 9.31. The number of amides is 1. The molecule has 0 saturated carbocycles. The Morgan fingerprint density at radius 2 is 1.75 bits per heavy atom. The molecule has 1 aromatic rings. The normalized spacial score (nSPS) is 11.4. The van der Waals surface area contributed by atoms with Crippen molar-refractivity contribution < 1.29 is 13.6 Å². The lowest BCUT2D eigenvalue weighted by Crippen LogP contribution is -2.34. The highest BCUT2D eigenvalue weighted by molar-refractivity contribution is 5.78. The Morgan fingerprint density at radius 3 is 2.25 bits per heavy atom. The minimum atomic E-state index is -0.676. The maximum absolute atomic E-state index is 13.4. The van der Waals surface area contributed by atoms with Crippen LogP contribution in [0.2, 0.25) is 0 Å². The van der Waals surface area contributed by atoms with E-state index in [1.54, 1.807) is 0 Å². The van der Waals surface area contributed by atoms with Crippen molar-refractivity contribution in [2.45, 2.75) is 34.1 Å². The van der Waals surface area contributed by atoms with Gasteiger partial charge in [-0.1, -0.05) is 33.8 Å². The second-order valence-electron chi connectivity index (χ2n) is 5.87. The molecule has 20 heavy (non-hydrogen) atoms. The van der Waals surface area contributed by atoms with Gasteiger partial charge in [0.25, 0.3) is 0 Å². The molecular formula is C16H23F2NO. The standard InChI is InChI=1S/C16H23F2NO/c1-10(2)14(11(3)4)9-19-16(20)7-12-5-6-13(17)8-15(12)18/h5-6,8,10-11,14H,7,9H2,1-4H3,(H,19,20). The lowest BCUT2D eigenvalue weighted by molar-refractivity contribution is -0.120. The smallest absolute Gasteiger partial charge is 0.224 e. The van der Waals surface area contributed by atoms with Crippen LogP contribution in [0.1, 0.15) is 33.3 Å². The Kier molecular flexibility index (Phi) is 6.11. The van der Waals surface area contributed by atoms with E-state index in [0.717, 1.165) is 12.1 Å². The first-order valence-corrected chi connectivity index (χ1v) is 7.02. The zero-order valence-corrected chi connectivity index (χ0v) is 12.5. The molecule has 2 nitrogen and oxygen atoms in total. The molecule has 1 aromatic carbocycles. The third kappa shape index (κ3) is 4.91. The topological polar surface area (TPSA) is 29.1 Å². The molecule has 1 rings (SSSR count). The number of carbonyl (C=O) groups excluding carboxylic acids is 1. The van der Waals surface area contributed by atoms with E-state index in [2.05, 4.69) is 33.0 Å². The van der Waals surface area contributed by atoms with Crippen LogP contribution in [0, 0.1) is 29.4 Å². The highest BCUT2D eigenvalue weighted by Crippen LogP contribution is 2.19. The van der Waals surface area contributed by atoms with E-state index in [9.17, 15) is 13.6 Å². The van der Waals surface area contributed by atoms with Crippen molar-refractivity contribution in [3.05, 3.63) is 35.4 Å². The summed E-state index contributed by atoms with van der Waals surface area (Å²) in [6, 6.07) is 3.27. The molecule has 0 bridgehead atoms. The minimum absolute atomic E-state index is 0.0605. The molecule has 0 aromatic heterocycles. The van der Waals surface area contributed by atoms with Crippen LogP contribution in [0.15, 0.2) is 18.2 Å². The second-order valence-corrected chi connectivity index (χ2v) is 5.87. The van der Waals surface area contributed by atoms with E-state index in [0.29, 0.717) is 24.3 Å². The molecule has 0 spiro atoms. The highest BCUT2D eigenvalue weighted by atomic mass is 19.1. The van der Waals surface area contributed by atoms with E-state index in [1.807, 2.05) is 0 Å². The molecule has 0 radical (unpaired) electrons. The van der Waals surface area contributed by atoms with Crippen molar-refractivity contribution in [3.8, 4) is 0 Å². The third-order valence-electron chi connectivity index (χ3n) is 3.61. The van der Waals surface area contributed by atoms with Crippen LogP contribution >= 0.6 is 0 Å². The molecule has 0 unspecified atom stereocenters. The van der Waals surface area contributed by atoms with Crippen molar-refractivity contribution in [1.82, 2.24) is 5.32 Å². The monoisotopic (exact) mass is 283 g/mol. The Labute approximate surface area is 119 Å². The van der Waals surface area contributed by atoms with Gasteiger partial charge in [0.05, 0.1) is 6.42 Å². The lowest BCUT2D eigenvalue weighted by Gasteiger charge is -2.25. The van der Waals surface area contributed by atoms with Gasteiger partial charge in [0.15, 0.2) is 0 Å². The molecule has 0 aliphatic carbocycles. The molecule has 0 aliphatic rings. The number of nitrogens with one attached hydrogen (secondary N) is 1. The van der Waals surface area contributed by atoms with Crippen LogP contribution in [0.25, 0.3) is 0 Å². The van der Waals surface area contributed by atoms with Gasteiger partial charge < -0.3 is 5.32 Å². The molecule has 0 aliphatic heterocycles. The fraction of sp³-hybridized carbons (Fsp3) is 0.562. The Hall–Kier alpha value is -1.45. The van der Waals surface area contributed by atoms with Gasteiger partial charge in [0.2, 0.25) is 5.91 Å². The van der Waals surface area contributed by atoms with E-state index in [4.69, 9.17) is 0 Å². The summed E-state index contributed by atoms with van der Waals surface area (Å²) in [7, 11) is 0. The fourth-order valence-corrected chi connectivity index (χ4v) is 2.37. The van der Waals surface area contributed by atoms with Crippen molar-refractivity contribution >= 4 is 5.91 Å². The Bertz CT molecular complexity index is 450. The summed E-state index contributed by atoms with van der Waals surface area (Å²) < 4.78 is 26.2. The summed E-state index contributed by atoms with van der Waals surface area (Å²) in [5.74, 6) is -0.217. The van der Waals surface area contributed by atoms with Gasteiger partial charge in [-0.2, -0.15) is 0 Å². The van der Waals surface area contributed by atoms with Crippen LogP contribution < -0.4 is 5.32 Å². The number of carbonyl (C=O) groups is 1. The molecule has 1 N–H and O–H groups in total. The maximum Gasteiger partial charge on any atom is 0.224 e. The molecule has 4 heteroatoms. The van der Waals surface area contributed by atoms with E-state index in [-0.39, 0.29) is 17.9 Å². The predicted octanol–water partition coefficient (Wildman–Crippen LogP) is 3.55. The zero-order valence-electron chi connectivity index (χ0n) is 12.5. The van der Waals surface area contributed by atoms with Gasteiger partial charge in [-0.05, 0) is 29.4 Å². The first-order valence-electron chi connectivity index (χ1n) is 7.02. The number of halogens is 2. The molecule has 112 valence electrons. The molecular weight excluding hydrogens is 260 g/mol. The van der Waals surface area contributed by atoms with Crippen LogP contribution in [0.4, 0.5) is 8.78 Å². The third-order valence-corrected chi connectivity index (χ3v) is 3.61. The van der Waals surface area contributed by atoms with Crippen molar-refractivity contribution in [3.63, 3.8) is 0 Å². The van der Waals surface area contributed by atoms with Crippen molar-refractivity contribution in [2.24, 2.45) is 17.8 Å². The summed E-state index contributed by atoms with van der Waals surface area (Å²) in [5.41, 5.74) is 0.217. The van der Waals surface area contributed by atoms with E-state index in [1.165, 1.54) is 6.07 Å². The average Bonchev–Trinajstić information content (AvgIpc) is 2.32. The zero-order chi connectivity index (χ0) is 15.3. The van der Waals surface area contributed by atoms with Crippen LogP contribution in [0.5, 0.6) is 0 Å². The van der Waals surface area contributed by atoms with Gasteiger partial charge in [0.1, 0.15) is 11.6 Å². The maximum atomic E-state index is 13.4. The van der Waals surface area contributed by atoms with Crippen molar-refractivity contribution in [1.29, 1.82) is 0 Å². The molecule has 0 atom stereocenters. The predicted molar refractivity (Wildman–Crippen MR) is 76.2 cm³/mol. The summed E-state index contributed by atoms with van der Waals surface area (Å²) in [4.78, 5) is 11.8. The largest absolute Gasteiger partial charge is 0.356 e. The van der Waals surface area contributed by atoms with Gasteiger partial charge in [-0.15, -0.1) is 0 Å². The van der Waals surface area contributed by atoms with Crippen LogP contribution in [0.3, 0.4) is 0 Å². The highest BCUT2D eigenvalue weighted by Gasteiger charge is 2.18. The van der Waals surface area contributed by atoms with Gasteiger partial charge >= 0.3 is 0 Å². The number of rotatable bonds is 6. The quantitative estimate of drug-likeness (QED) is 0.850. The van der Waals surface area contributed by atoms with E-state index < -0.39 is 11.6 Å². The molecule has 1 amide bonds. The summed E-state index contributed by atoms with van der Waals surface area (Å²) in [6.07, 6.45) is -0.0605. The summed E-state index contributed by atoms with van der Waals surface area (Å²) >= 11 is 0. The van der Waals surface area contributed by atoms with Crippen LogP contribution in [-0.2, 0) is 11.2 Å². The molecule has 0 heterocycles. The van der Waals surface area contributed by atoms with Gasteiger partial charge in [-0.25, -0.2) is 8.78 Å². The first kappa shape index (κ1) is 16.6. The summed E-state index contributed by atoms with van der Waals surface area (Å²) in [5, 5.41) is 2.84. The molecule has 0 fully saturated rings. The number of benzene rings is 1. The van der Waals surface area contributed by atoms with Crippen LogP contribution in [-0.4, -0.2) is 12.5 Å². The van der Waals surface area contributed by atoms with Gasteiger partial charge in [0, 0.05) is 12.6 Å². The molecule has 0 saturated heterocycles. The summed E-state index contributed by atoms with van der Waals surface area (Å²) in [6.45, 7) is 9.07. The van der Waals surface area contributed by atoms with E-state index >= 15 is 0 Å². The average molecular weight is 283 g/mol. The Balaban J connectivity index is 2.55. The van der Waals surface area contributed by atoms with Gasteiger partial charge in [-0.3, -0.25) is 4.79 Å².